The zero-order chi connectivity index (χ0) is 14.5. The molecule has 2 rings (SSSR count). The molecule has 0 unspecified atom stereocenters. The molecule has 2 aromatic rings. The summed E-state index contributed by atoms with van der Waals surface area (Å²) in [6, 6.07) is 5.58. The predicted molar refractivity (Wildman–Crippen MR) is 80.2 cm³/mol. The Hall–Kier alpha value is -1.75. The van der Waals surface area contributed by atoms with Crippen molar-refractivity contribution in [3.63, 3.8) is 0 Å². The zero-order valence-electron chi connectivity index (χ0n) is 11.9. The molecular formula is C14H19ClN4O. The first-order valence-electron chi connectivity index (χ1n) is 6.54. The molecule has 0 aliphatic rings. The first-order valence-corrected chi connectivity index (χ1v) is 6.92. The highest BCUT2D eigenvalue weighted by molar-refractivity contribution is 6.32. The van der Waals surface area contributed by atoms with Crippen LogP contribution >= 0.6 is 11.6 Å². The third kappa shape index (κ3) is 3.63. The van der Waals surface area contributed by atoms with Gasteiger partial charge in [-0.25, -0.2) is 9.67 Å². The van der Waals surface area contributed by atoms with Crippen molar-refractivity contribution in [2.24, 2.45) is 5.92 Å². The standard InChI is InChI=1S/C14H19ClN4O/c1-10(2)8-19-14(17-9-18-19)7-16-11-4-5-12(15)13(6-11)20-3/h4-6,9-10,16H,7-8H2,1-3H3. The van der Waals surface area contributed by atoms with E-state index < -0.39 is 0 Å². The van der Waals surface area contributed by atoms with Gasteiger partial charge in [0.05, 0.1) is 18.7 Å². The van der Waals surface area contributed by atoms with E-state index >= 15 is 0 Å². The fourth-order valence-electron chi connectivity index (χ4n) is 1.87. The average molecular weight is 295 g/mol. The summed E-state index contributed by atoms with van der Waals surface area (Å²) in [5.41, 5.74) is 0.936. The zero-order valence-corrected chi connectivity index (χ0v) is 12.7. The Morgan fingerprint density at radius 1 is 1.40 bits per heavy atom. The van der Waals surface area contributed by atoms with Crippen molar-refractivity contribution in [1.82, 2.24) is 14.8 Å². The second kappa shape index (κ2) is 6.61. The van der Waals surface area contributed by atoms with Crippen molar-refractivity contribution >= 4 is 17.3 Å². The van der Waals surface area contributed by atoms with E-state index in [1.807, 2.05) is 22.9 Å². The molecule has 0 aliphatic carbocycles. The molecule has 0 saturated carbocycles. The maximum Gasteiger partial charge on any atom is 0.146 e. The highest BCUT2D eigenvalue weighted by Gasteiger charge is 2.07. The normalized spacial score (nSPS) is 10.8. The smallest absolute Gasteiger partial charge is 0.146 e. The van der Waals surface area contributed by atoms with E-state index in [0.29, 0.717) is 23.2 Å². The van der Waals surface area contributed by atoms with Crippen LogP contribution in [-0.2, 0) is 13.1 Å². The maximum atomic E-state index is 6.00. The minimum Gasteiger partial charge on any atom is -0.495 e. The third-order valence-corrected chi connectivity index (χ3v) is 3.15. The molecule has 0 spiro atoms. The third-order valence-electron chi connectivity index (χ3n) is 2.84. The van der Waals surface area contributed by atoms with Gasteiger partial charge in [-0.15, -0.1) is 0 Å². The Morgan fingerprint density at radius 3 is 2.90 bits per heavy atom. The van der Waals surface area contributed by atoms with Gasteiger partial charge in [0.25, 0.3) is 0 Å². The van der Waals surface area contributed by atoms with Gasteiger partial charge in [0.1, 0.15) is 17.9 Å². The average Bonchev–Trinajstić information content (AvgIpc) is 2.84. The van der Waals surface area contributed by atoms with E-state index in [1.165, 1.54) is 0 Å². The number of benzene rings is 1. The lowest BCUT2D eigenvalue weighted by molar-refractivity contribution is 0.415. The molecule has 5 nitrogen and oxygen atoms in total. The number of nitrogens with one attached hydrogen (secondary N) is 1. The first-order chi connectivity index (χ1) is 9.60. The summed E-state index contributed by atoms with van der Waals surface area (Å²) in [5.74, 6) is 2.10. The largest absolute Gasteiger partial charge is 0.495 e. The van der Waals surface area contributed by atoms with Crippen LogP contribution in [0.25, 0.3) is 0 Å². The summed E-state index contributed by atoms with van der Waals surface area (Å²) in [5, 5.41) is 8.14. The van der Waals surface area contributed by atoms with Crippen LogP contribution in [0.1, 0.15) is 19.7 Å². The van der Waals surface area contributed by atoms with Crippen molar-refractivity contribution in [2.45, 2.75) is 26.9 Å². The molecule has 0 aliphatic heterocycles. The molecule has 6 heteroatoms. The fraction of sp³-hybridized carbons (Fsp3) is 0.429. The Balaban J connectivity index is 2.03. The van der Waals surface area contributed by atoms with Crippen LogP contribution in [0.2, 0.25) is 5.02 Å². The monoisotopic (exact) mass is 294 g/mol. The van der Waals surface area contributed by atoms with E-state index in [-0.39, 0.29) is 0 Å². The molecule has 0 saturated heterocycles. The fourth-order valence-corrected chi connectivity index (χ4v) is 2.07. The summed E-state index contributed by atoms with van der Waals surface area (Å²) in [4.78, 5) is 4.28. The van der Waals surface area contributed by atoms with Crippen LogP contribution in [0.5, 0.6) is 5.75 Å². The van der Waals surface area contributed by atoms with E-state index in [9.17, 15) is 0 Å². The van der Waals surface area contributed by atoms with Crippen LogP contribution in [0, 0.1) is 5.92 Å². The van der Waals surface area contributed by atoms with Gasteiger partial charge < -0.3 is 10.1 Å². The second-order valence-electron chi connectivity index (χ2n) is 4.96. The van der Waals surface area contributed by atoms with E-state index in [2.05, 4.69) is 29.2 Å². The summed E-state index contributed by atoms with van der Waals surface area (Å²) in [6.45, 7) is 5.78. The molecule has 0 bridgehead atoms. The van der Waals surface area contributed by atoms with Gasteiger partial charge in [-0.05, 0) is 18.1 Å². The first kappa shape index (κ1) is 14.7. The maximum absolute atomic E-state index is 6.00. The lowest BCUT2D eigenvalue weighted by Crippen LogP contribution is -2.13. The van der Waals surface area contributed by atoms with Gasteiger partial charge in [-0.1, -0.05) is 25.4 Å². The highest BCUT2D eigenvalue weighted by Crippen LogP contribution is 2.27. The Kier molecular flexibility index (Phi) is 4.84. The van der Waals surface area contributed by atoms with E-state index in [0.717, 1.165) is 18.1 Å². The molecule has 0 atom stereocenters. The molecule has 1 aromatic heterocycles. The lowest BCUT2D eigenvalue weighted by Gasteiger charge is -2.11. The molecular weight excluding hydrogens is 276 g/mol. The van der Waals surface area contributed by atoms with Crippen molar-refractivity contribution in [1.29, 1.82) is 0 Å². The molecule has 108 valence electrons. The molecule has 1 heterocycles. The summed E-state index contributed by atoms with van der Waals surface area (Å²) in [6.07, 6.45) is 1.59. The Bertz CT molecular complexity index is 568. The minimum atomic E-state index is 0.533. The van der Waals surface area contributed by atoms with Crippen molar-refractivity contribution in [3.8, 4) is 5.75 Å². The van der Waals surface area contributed by atoms with Crippen LogP contribution in [0.3, 0.4) is 0 Å². The molecule has 0 fully saturated rings. The van der Waals surface area contributed by atoms with Gasteiger partial charge in [0.15, 0.2) is 0 Å². The summed E-state index contributed by atoms with van der Waals surface area (Å²) in [7, 11) is 1.60. The van der Waals surface area contributed by atoms with Crippen molar-refractivity contribution < 1.29 is 4.74 Å². The SMILES string of the molecule is COc1cc(NCc2ncnn2CC(C)C)ccc1Cl. The summed E-state index contributed by atoms with van der Waals surface area (Å²) >= 11 is 6.00. The molecule has 20 heavy (non-hydrogen) atoms. The van der Waals surface area contributed by atoms with Crippen LogP contribution in [0.4, 0.5) is 5.69 Å². The quantitative estimate of drug-likeness (QED) is 0.889. The number of rotatable bonds is 6. The Morgan fingerprint density at radius 2 is 2.20 bits per heavy atom. The van der Waals surface area contributed by atoms with Crippen molar-refractivity contribution in [3.05, 3.63) is 35.4 Å². The van der Waals surface area contributed by atoms with Gasteiger partial charge >= 0.3 is 0 Å². The number of nitrogens with zero attached hydrogens (tertiary/aromatic N) is 3. The van der Waals surface area contributed by atoms with Gasteiger partial charge in [0.2, 0.25) is 0 Å². The van der Waals surface area contributed by atoms with Crippen LogP contribution in [-0.4, -0.2) is 21.9 Å². The molecule has 0 radical (unpaired) electrons. The van der Waals surface area contributed by atoms with Gasteiger partial charge in [0, 0.05) is 18.3 Å². The molecule has 1 aromatic carbocycles. The van der Waals surface area contributed by atoms with Gasteiger partial charge in [-0.2, -0.15) is 5.10 Å². The molecule has 0 amide bonds. The van der Waals surface area contributed by atoms with E-state index in [4.69, 9.17) is 16.3 Å². The minimum absolute atomic E-state index is 0.533. The lowest BCUT2D eigenvalue weighted by atomic mass is 10.2. The number of methoxy groups -OCH3 is 1. The number of aromatic nitrogens is 3. The van der Waals surface area contributed by atoms with Crippen molar-refractivity contribution in [2.75, 3.05) is 12.4 Å². The number of halogens is 1. The van der Waals surface area contributed by atoms with Gasteiger partial charge in [-0.3, -0.25) is 0 Å². The molecule has 1 N–H and O–H groups in total. The summed E-state index contributed by atoms with van der Waals surface area (Å²) < 4.78 is 7.12. The van der Waals surface area contributed by atoms with Crippen LogP contribution < -0.4 is 10.1 Å². The number of anilines is 1. The Labute approximate surface area is 123 Å². The number of hydrogen-bond donors (Lipinski definition) is 1. The topological polar surface area (TPSA) is 52.0 Å². The number of ether oxygens (including phenoxy) is 1. The second-order valence-corrected chi connectivity index (χ2v) is 5.36. The number of hydrogen-bond acceptors (Lipinski definition) is 4. The van der Waals surface area contributed by atoms with Crippen LogP contribution in [0.15, 0.2) is 24.5 Å². The predicted octanol–water partition coefficient (Wildman–Crippen LogP) is 3.21. The van der Waals surface area contributed by atoms with E-state index in [1.54, 1.807) is 13.4 Å². The highest BCUT2D eigenvalue weighted by atomic mass is 35.5.